The van der Waals surface area contributed by atoms with Gasteiger partial charge in [-0.2, -0.15) is 0 Å². The predicted molar refractivity (Wildman–Crippen MR) is 125 cm³/mol. The summed E-state index contributed by atoms with van der Waals surface area (Å²) in [7, 11) is -2.11. The molecule has 0 aliphatic heterocycles. The van der Waals surface area contributed by atoms with Crippen LogP contribution in [-0.4, -0.2) is 26.7 Å². The molecule has 0 saturated carbocycles. The van der Waals surface area contributed by atoms with E-state index in [-0.39, 0.29) is 16.1 Å². The molecule has 0 saturated heterocycles. The fourth-order valence-electron chi connectivity index (χ4n) is 2.71. The van der Waals surface area contributed by atoms with Gasteiger partial charge in [0.25, 0.3) is 10.0 Å². The Kier molecular flexibility index (Phi) is 7.25. The Morgan fingerprint density at radius 2 is 1.48 bits per heavy atom. The van der Waals surface area contributed by atoms with Gasteiger partial charge in [-0.15, -0.1) is 11.8 Å². The van der Waals surface area contributed by atoms with Crippen LogP contribution >= 0.6 is 11.8 Å². The van der Waals surface area contributed by atoms with Gasteiger partial charge in [-0.3, -0.25) is 9.52 Å². The second-order valence-electron chi connectivity index (χ2n) is 6.92. The summed E-state index contributed by atoms with van der Waals surface area (Å²) in [6.07, 6.45) is 0. The molecule has 8 heteroatoms. The third kappa shape index (κ3) is 6.26. The smallest absolute Gasteiger partial charge is 0.261 e. The summed E-state index contributed by atoms with van der Waals surface area (Å²) < 4.78 is 32.8. The lowest BCUT2D eigenvalue weighted by Crippen LogP contribution is -2.22. The summed E-state index contributed by atoms with van der Waals surface area (Å²) in [5.41, 5.74) is 2.07. The van der Waals surface area contributed by atoms with Gasteiger partial charge in [-0.05, 0) is 74.5 Å². The van der Waals surface area contributed by atoms with Crippen molar-refractivity contribution in [3.8, 4) is 5.75 Å². The molecule has 2 N–H and O–H groups in total. The largest absolute Gasteiger partial charge is 0.497 e. The topological polar surface area (TPSA) is 84.5 Å². The number of hydrogen-bond donors (Lipinski definition) is 2. The number of ether oxygens (including phenoxy) is 1. The molecular formula is C23H24N2O4S2. The van der Waals surface area contributed by atoms with Crippen LogP contribution in [0.5, 0.6) is 5.75 Å². The molecular weight excluding hydrogens is 432 g/mol. The second-order valence-corrected chi connectivity index (χ2v) is 10.0. The minimum Gasteiger partial charge on any atom is -0.497 e. The molecule has 162 valence electrons. The van der Waals surface area contributed by atoms with E-state index < -0.39 is 10.0 Å². The van der Waals surface area contributed by atoms with E-state index in [1.165, 1.54) is 23.9 Å². The molecule has 0 aliphatic rings. The molecule has 1 atom stereocenters. The highest BCUT2D eigenvalue weighted by atomic mass is 32.2. The average Bonchev–Trinajstić information content (AvgIpc) is 2.76. The number of hydrogen-bond acceptors (Lipinski definition) is 5. The number of carbonyl (C=O) groups is 1. The van der Waals surface area contributed by atoms with Gasteiger partial charge in [-0.1, -0.05) is 17.7 Å². The number of rotatable bonds is 8. The SMILES string of the molecule is COc1ccc(S[C@@H](C)C(=O)Nc2ccc(S(=O)(=O)Nc3ccc(C)cc3)cc2)cc1. The van der Waals surface area contributed by atoms with Crippen molar-refractivity contribution in [2.45, 2.75) is 28.9 Å². The van der Waals surface area contributed by atoms with Crippen LogP contribution < -0.4 is 14.8 Å². The summed E-state index contributed by atoms with van der Waals surface area (Å²) in [5, 5.41) is 2.49. The minimum absolute atomic E-state index is 0.117. The van der Waals surface area contributed by atoms with E-state index in [9.17, 15) is 13.2 Å². The van der Waals surface area contributed by atoms with Crippen molar-refractivity contribution < 1.29 is 17.9 Å². The van der Waals surface area contributed by atoms with Gasteiger partial charge in [0.15, 0.2) is 0 Å². The zero-order chi connectivity index (χ0) is 22.4. The summed E-state index contributed by atoms with van der Waals surface area (Å²) in [5.74, 6) is 0.586. The third-order valence-electron chi connectivity index (χ3n) is 4.48. The summed E-state index contributed by atoms with van der Waals surface area (Å²) in [6, 6.07) is 20.7. The lowest BCUT2D eigenvalue weighted by atomic mass is 10.2. The van der Waals surface area contributed by atoms with Crippen LogP contribution in [0.1, 0.15) is 12.5 Å². The van der Waals surface area contributed by atoms with Crippen molar-refractivity contribution in [3.05, 3.63) is 78.4 Å². The number of thioether (sulfide) groups is 1. The number of aryl methyl sites for hydroxylation is 1. The lowest BCUT2D eigenvalue weighted by molar-refractivity contribution is -0.115. The molecule has 0 radical (unpaired) electrons. The van der Waals surface area contributed by atoms with Gasteiger partial charge >= 0.3 is 0 Å². The first-order chi connectivity index (χ1) is 14.8. The first-order valence-corrected chi connectivity index (χ1v) is 11.9. The van der Waals surface area contributed by atoms with E-state index in [0.29, 0.717) is 11.4 Å². The highest BCUT2D eigenvalue weighted by Gasteiger charge is 2.17. The van der Waals surface area contributed by atoms with E-state index in [0.717, 1.165) is 16.2 Å². The van der Waals surface area contributed by atoms with Crippen LogP contribution in [0.25, 0.3) is 0 Å². The Labute approximate surface area is 187 Å². The quantitative estimate of drug-likeness (QED) is 0.470. The summed E-state index contributed by atoms with van der Waals surface area (Å²) in [6.45, 7) is 3.75. The number of methoxy groups -OCH3 is 1. The van der Waals surface area contributed by atoms with Crippen molar-refractivity contribution in [2.75, 3.05) is 17.1 Å². The third-order valence-corrected chi connectivity index (χ3v) is 6.99. The number of sulfonamides is 1. The monoisotopic (exact) mass is 456 g/mol. The van der Waals surface area contributed by atoms with Crippen LogP contribution in [0.2, 0.25) is 0 Å². The first kappa shape index (κ1) is 22.7. The molecule has 0 aliphatic carbocycles. The predicted octanol–water partition coefficient (Wildman–Crippen LogP) is 4.92. The van der Waals surface area contributed by atoms with Gasteiger partial charge in [0, 0.05) is 16.3 Å². The van der Waals surface area contributed by atoms with E-state index in [2.05, 4.69) is 10.0 Å². The molecule has 3 aromatic rings. The zero-order valence-electron chi connectivity index (χ0n) is 17.5. The normalized spacial score (nSPS) is 12.1. The van der Waals surface area contributed by atoms with Crippen LogP contribution in [0, 0.1) is 6.92 Å². The van der Waals surface area contributed by atoms with E-state index in [4.69, 9.17) is 4.74 Å². The number of nitrogens with one attached hydrogen (secondary N) is 2. The molecule has 0 fully saturated rings. The Morgan fingerprint density at radius 3 is 2.06 bits per heavy atom. The Balaban J connectivity index is 1.61. The average molecular weight is 457 g/mol. The zero-order valence-corrected chi connectivity index (χ0v) is 19.1. The van der Waals surface area contributed by atoms with Gasteiger partial charge in [0.05, 0.1) is 17.3 Å². The molecule has 0 aromatic heterocycles. The highest BCUT2D eigenvalue weighted by molar-refractivity contribution is 8.00. The lowest BCUT2D eigenvalue weighted by Gasteiger charge is -2.13. The molecule has 3 rings (SSSR count). The van der Waals surface area contributed by atoms with E-state index in [1.807, 2.05) is 50.2 Å². The molecule has 0 bridgehead atoms. The van der Waals surface area contributed by atoms with Gasteiger partial charge < -0.3 is 10.1 Å². The van der Waals surface area contributed by atoms with E-state index in [1.54, 1.807) is 31.4 Å². The molecule has 31 heavy (non-hydrogen) atoms. The van der Waals surface area contributed by atoms with Gasteiger partial charge in [0.2, 0.25) is 5.91 Å². The van der Waals surface area contributed by atoms with Crippen molar-refractivity contribution in [3.63, 3.8) is 0 Å². The highest BCUT2D eigenvalue weighted by Crippen LogP contribution is 2.26. The molecule has 6 nitrogen and oxygen atoms in total. The molecule has 0 spiro atoms. The fraction of sp³-hybridized carbons (Fsp3) is 0.174. The number of anilines is 2. The maximum atomic E-state index is 12.6. The summed E-state index contributed by atoms with van der Waals surface area (Å²) >= 11 is 1.43. The molecule has 3 aromatic carbocycles. The van der Waals surface area contributed by atoms with Crippen molar-refractivity contribution in [1.29, 1.82) is 0 Å². The molecule has 0 heterocycles. The Hall–Kier alpha value is -2.97. The standard InChI is InChI=1S/C23H24N2O4S2/c1-16-4-6-19(7-5-16)25-31(27,28)22-14-8-18(9-15-22)24-23(26)17(2)30-21-12-10-20(29-3)11-13-21/h4-15,17,25H,1-3H3,(H,24,26)/t17-/m0/s1. The molecule has 0 unspecified atom stereocenters. The first-order valence-electron chi connectivity index (χ1n) is 9.58. The maximum absolute atomic E-state index is 12.6. The summed E-state index contributed by atoms with van der Waals surface area (Å²) in [4.78, 5) is 13.6. The van der Waals surface area contributed by atoms with E-state index >= 15 is 0 Å². The number of carbonyl (C=O) groups excluding carboxylic acids is 1. The Morgan fingerprint density at radius 1 is 0.903 bits per heavy atom. The van der Waals surface area contributed by atoms with Crippen molar-refractivity contribution in [1.82, 2.24) is 0 Å². The Bertz CT molecular complexity index is 1130. The van der Waals surface area contributed by atoms with Gasteiger partial charge in [-0.25, -0.2) is 8.42 Å². The fourth-order valence-corrected chi connectivity index (χ4v) is 4.63. The van der Waals surface area contributed by atoms with Gasteiger partial charge in [0.1, 0.15) is 5.75 Å². The van der Waals surface area contributed by atoms with Crippen molar-refractivity contribution >= 4 is 39.1 Å². The maximum Gasteiger partial charge on any atom is 0.261 e. The minimum atomic E-state index is -3.71. The second kappa shape index (κ2) is 9.89. The van der Waals surface area contributed by atoms with Crippen LogP contribution in [0.4, 0.5) is 11.4 Å². The van der Waals surface area contributed by atoms with Crippen LogP contribution in [0.3, 0.4) is 0 Å². The van der Waals surface area contributed by atoms with Crippen molar-refractivity contribution in [2.24, 2.45) is 0 Å². The molecule has 1 amide bonds. The number of amides is 1. The number of benzene rings is 3. The van der Waals surface area contributed by atoms with Crippen LogP contribution in [-0.2, 0) is 14.8 Å². The van der Waals surface area contributed by atoms with Crippen LogP contribution in [0.15, 0.2) is 82.6 Å².